The summed E-state index contributed by atoms with van der Waals surface area (Å²) in [5.74, 6) is 1.97. The average molecular weight is 263 g/mol. The lowest BCUT2D eigenvalue weighted by atomic mass is 10.0. The molecule has 1 aliphatic heterocycles. The van der Waals surface area contributed by atoms with Crippen LogP contribution in [0, 0.1) is 5.92 Å². The van der Waals surface area contributed by atoms with E-state index in [0.717, 1.165) is 24.7 Å². The topological polar surface area (TPSA) is 75.3 Å². The third-order valence-electron chi connectivity index (χ3n) is 3.40. The molecule has 0 radical (unpaired) electrons. The largest absolute Gasteiger partial charge is 0.368 e. The molecule has 1 saturated heterocycles. The predicted molar refractivity (Wildman–Crippen MR) is 75.1 cm³/mol. The second-order valence-electron chi connectivity index (χ2n) is 5.25. The van der Waals surface area contributed by atoms with E-state index in [1.165, 1.54) is 12.8 Å². The molecule has 2 N–H and O–H groups in total. The molecule has 1 aromatic heterocycles. The van der Waals surface area contributed by atoms with Gasteiger partial charge in [0.25, 0.3) is 0 Å². The van der Waals surface area contributed by atoms with Crippen molar-refractivity contribution in [1.82, 2.24) is 9.97 Å². The van der Waals surface area contributed by atoms with Gasteiger partial charge >= 0.3 is 0 Å². The third kappa shape index (κ3) is 3.56. The molecule has 6 heteroatoms. The van der Waals surface area contributed by atoms with Crippen molar-refractivity contribution in [3.05, 3.63) is 12.4 Å². The van der Waals surface area contributed by atoms with Gasteiger partial charge in [-0.3, -0.25) is 4.79 Å². The molecule has 1 amide bonds. The van der Waals surface area contributed by atoms with E-state index in [1.54, 1.807) is 18.3 Å². The molecule has 2 rings (SSSR count). The summed E-state index contributed by atoms with van der Waals surface area (Å²) in [6.45, 7) is 4.47. The van der Waals surface area contributed by atoms with Crippen LogP contribution in [0.25, 0.3) is 0 Å². The molecule has 0 saturated carbocycles. The van der Waals surface area contributed by atoms with Gasteiger partial charge in [-0.05, 0) is 18.8 Å². The fraction of sp³-hybridized carbons (Fsp3) is 0.615. The number of likely N-dealkylation sites (N-methyl/N-ethyl adjacent to an activating group) is 1. The first-order chi connectivity index (χ1) is 9.06. The summed E-state index contributed by atoms with van der Waals surface area (Å²) < 4.78 is 0. The van der Waals surface area contributed by atoms with E-state index >= 15 is 0 Å². The van der Waals surface area contributed by atoms with Crippen LogP contribution < -0.4 is 15.5 Å². The van der Waals surface area contributed by atoms with E-state index in [1.807, 2.05) is 6.07 Å². The molecule has 0 spiro atoms. The van der Waals surface area contributed by atoms with Crippen LogP contribution in [0.1, 0.15) is 19.8 Å². The quantitative estimate of drug-likeness (QED) is 0.862. The lowest BCUT2D eigenvalue weighted by Crippen LogP contribution is -2.35. The Morgan fingerprint density at radius 1 is 1.58 bits per heavy atom. The maximum atomic E-state index is 10.9. The number of piperidine rings is 1. The number of hydrogen-bond acceptors (Lipinski definition) is 5. The Morgan fingerprint density at radius 2 is 2.37 bits per heavy atom. The highest BCUT2D eigenvalue weighted by Gasteiger charge is 2.18. The van der Waals surface area contributed by atoms with Gasteiger partial charge in [-0.1, -0.05) is 6.92 Å². The molecule has 6 nitrogen and oxygen atoms in total. The molecule has 104 valence electrons. The van der Waals surface area contributed by atoms with Crippen LogP contribution in [-0.4, -0.2) is 42.6 Å². The Labute approximate surface area is 113 Å². The number of aromatic nitrogens is 2. The van der Waals surface area contributed by atoms with Crippen molar-refractivity contribution in [2.45, 2.75) is 19.8 Å². The van der Waals surface area contributed by atoms with Crippen LogP contribution >= 0.6 is 0 Å². The van der Waals surface area contributed by atoms with Crippen molar-refractivity contribution in [1.29, 1.82) is 0 Å². The van der Waals surface area contributed by atoms with Gasteiger partial charge in [-0.2, -0.15) is 0 Å². The number of carbonyl (C=O) groups excluding carboxylic acids is 1. The van der Waals surface area contributed by atoms with E-state index in [-0.39, 0.29) is 12.5 Å². The van der Waals surface area contributed by atoms with Gasteiger partial charge < -0.3 is 15.5 Å². The van der Waals surface area contributed by atoms with E-state index in [0.29, 0.717) is 5.92 Å². The van der Waals surface area contributed by atoms with E-state index in [4.69, 9.17) is 5.73 Å². The first-order valence-electron chi connectivity index (χ1n) is 6.62. The molecule has 1 aliphatic rings. The summed E-state index contributed by atoms with van der Waals surface area (Å²) in [5, 5.41) is 0. The summed E-state index contributed by atoms with van der Waals surface area (Å²) in [5.41, 5.74) is 5.20. The molecule has 1 fully saturated rings. The predicted octanol–water partition coefficient (Wildman–Crippen LogP) is 0.634. The van der Waals surface area contributed by atoms with Gasteiger partial charge in [-0.25, -0.2) is 9.97 Å². The summed E-state index contributed by atoms with van der Waals surface area (Å²) in [6, 6.07) is 1.92. The molecule has 1 atom stereocenters. The first kappa shape index (κ1) is 13.6. The van der Waals surface area contributed by atoms with Crippen molar-refractivity contribution >= 4 is 17.5 Å². The number of hydrogen-bond donors (Lipinski definition) is 1. The number of rotatable bonds is 4. The minimum atomic E-state index is -0.366. The van der Waals surface area contributed by atoms with E-state index in [9.17, 15) is 4.79 Å². The molecule has 19 heavy (non-hydrogen) atoms. The molecule has 2 heterocycles. The fourth-order valence-electron chi connectivity index (χ4n) is 2.43. The van der Waals surface area contributed by atoms with Gasteiger partial charge in [0.2, 0.25) is 5.91 Å². The third-order valence-corrected chi connectivity index (χ3v) is 3.40. The van der Waals surface area contributed by atoms with Gasteiger partial charge in [0, 0.05) is 26.2 Å². The standard InChI is InChI=1S/C13H21N5O/c1-10-4-3-5-18(7-10)13-6-12(15-9-16-13)17(2)8-11(14)19/h6,9-10H,3-5,7-8H2,1-2H3,(H2,14,19). The van der Waals surface area contributed by atoms with E-state index < -0.39 is 0 Å². The van der Waals surface area contributed by atoms with Crippen LogP contribution in [0.2, 0.25) is 0 Å². The Bertz CT molecular complexity index is 450. The summed E-state index contributed by atoms with van der Waals surface area (Å²) in [6.07, 6.45) is 4.01. The number of primary amides is 1. The van der Waals surface area contributed by atoms with Crippen LogP contribution in [-0.2, 0) is 4.79 Å². The highest BCUT2D eigenvalue weighted by molar-refractivity contribution is 5.79. The van der Waals surface area contributed by atoms with Crippen molar-refractivity contribution in [3.63, 3.8) is 0 Å². The van der Waals surface area contributed by atoms with Crippen molar-refractivity contribution < 1.29 is 4.79 Å². The maximum absolute atomic E-state index is 10.9. The zero-order chi connectivity index (χ0) is 13.8. The number of nitrogens with two attached hydrogens (primary N) is 1. The minimum Gasteiger partial charge on any atom is -0.368 e. The second kappa shape index (κ2) is 5.86. The van der Waals surface area contributed by atoms with Crippen LogP contribution in [0.5, 0.6) is 0 Å². The van der Waals surface area contributed by atoms with Gasteiger partial charge in [0.15, 0.2) is 0 Å². The zero-order valence-corrected chi connectivity index (χ0v) is 11.5. The Kier molecular flexibility index (Phi) is 4.19. The Morgan fingerprint density at radius 3 is 3.05 bits per heavy atom. The molecule has 1 unspecified atom stereocenters. The normalized spacial score (nSPS) is 19.3. The van der Waals surface area contributed by atoms with Crippen LogP contribution in [0.15, 0.2) is 12.4 Å². The fourth-order valence-corrected chi connectivity index (χ4v) is 2.43. The Hall–Kier alpha value is -1.85. The molecular weight excluding hydrogens is 242 g/mol. The summed E-state index contributed by atoms with van der Waals surface area (Å²) >= 11 is 0. The lowest BCUT2D eigenvalue weighted by molar-refractivity contribution is -0.116. The number of nitrogens with zero attached hydrogens (tertiary/aromatic N) is 4. The number of amides is 1. The lowest BCUT2D eigenvalue weighted by Gasteiger charge is -2.32. The van der Waals surface area contributed by atoms with Crippen molar-refractivity contribution in [2.75, 3.05) is 36.5 Å². The van der Waals surface area contributed by atoms with Gasteiger partial charge in [0.1, 0.15) is 18.0 Å². The Balaban J connectivity index is 2.12. The highest BCUT2D eigenvalue weighted by Crippen LogP contribution is 2.23. The number of carbonyl (C=O) groups is 1. The second-order valence-corrected chi connectivity index (χ2v) is 5.25. The van der Waals surface area contributed by atoms with Crippen LogP contribution in [0.3, 0.4) is 0 Å². The van der Waals surface area contributed by atoms with Crippen molar-refractivity contribution in [2.24, 2.45) is 11.7 Å². The average Bonchev–Trinajstić information content (AvgIpc) is 2.38. The SMILES string of the molecule is CC1CCCN(c2cc(N(C)CC(N)=O)ncn2)C1. The first-order valence-corrected chi connectivity index (χ1v) is 6.62. The highest BCUT2D eigenvalue weighted by atomic mass is 16.1. The summed E-state index contributed by atoms with van der Waals surface area (Å²) in [4.78, 5) is 23.5. The van der Waals surface area contributed by atoms with Crippen molar-refractivity contribution in [3.8, 4) is 0 Å². The van der Waals surface area contributed by atoms with Gasteiger partial charge in [0.05, 0.1) is 6.54 Å². The number of anilines is 2. The molecular formula is C13H21N5O. The minimum absolute atomic E-state index is 0.160. The van der Waals surface area contributed by atoms with Crippen LogP contribution in [0.4, 0.5) is 11.6 Å². The summed E-state index contributed by atoms with van der Waals surface area (Å²) in [7, 11) is 1.80. The molecule has 0 aliphatic carbocycles. The van der Waals surface area contributed by atoms with Gasteiger partial charge in [-0.15, -0.1) is 0 Å². The monoisotopic (exact) mass is 263 g/mol. The molecule has 1 aromatic rings. The molecule has 0 bridgehead atoms. The van der Waals surface area contributed by atoms with E-state index in [2.05, 4.69) is 21.8 Å². The maximum Gasteiger partial charge on any atom is 0.236 e. The smallest absolute Gasteiger partial charge is 0.236 e. The molecule has 0 aromatic carbocycles. The zero-order valence-electron chi connectivity index (χ0n) is 11.5.